The molecule has 0 saturated heterocycles. The van der Waals surface area contributed by atoms with Gasteiger partial charge in [-0.1, -0.05) is 12.1 Å². The number of ether oxygens (including phenoxy) is 2. The van der Waals surface area contributed by atoms with Crippen molar-refractivity contribution in [3.63, 3.8) is 0 Å². The van der Waals surface area contributed by atoms with Crippen LogP contribution in [0.4, 0.5) is 0 Å². The molecular formula is C16H23N3O2. The molecule has 2 rings (SSSR count). The van der Waals surface area contributed by atoms with Gasteiger partial charge in [-0.15, -0.1) is 0 Å². The molecule has 0 aliphatic rings. The number of hydrogen-bond donors (Lipinski definition) is 1. The number of benzene rings is 1. The third-order valence-corrected chi connectivity index (χ3v) is 3.66. The van der Waals surface area contributed by atoms with Crippen LogP contribution in [0.1, 0.15) is 29.8 Å². The highest BCUT2D eigenvalue weighted by atomic mass is 16.5. The van der Waals surface area contributed by atoms with E-state index in [1.807, 2.05) is 32.2 Å². The van der Waals surface area contributed by atoms with E-state index in [0.717, 1.165) is 22.9 Å². The number of aryl methyl sites for hydroxylation is 2. The molecule has 0 bridgehead atoms. The van der Waals surface area contributed by atoms with E-state index in [0.29, 0.717) is 6.54 Å². The molecule has 5 heteroatoms. The van der Waals surface area contributed by atoms with Crippen LogP contribution < -0.4 is 14.8 Å². The van der Waals surface area contributed by atoms with E-state index in [1.54, 1.807) is 18.9 Å². The summed E-state index contributed by atoms with van der Waals surface area (Å²) < 4.78 is 12.4. The van der Waals surface area contributed by atoms with Crippen LogP contribution in [0.15, 0.2) is 24.3 Å². The summed E-state index contributed by atoms with van der Waals surface area (Å²) in [6.07, 6.45) is 0. The number of rotatable bonds is 6. The molecule has 21 heavy (non-hydrogen) atoms. The van der Waals surface area contributed by atoms with Gasteiger partial charge in [-0.25, -0.2) is 4.68 Å². The molecule has 1 aromatic carbocycles. The number of nitrogens with one attached hydrogen (secondary N) is 1. The van der Waals surface area contributed by atoms with Crippen LogP contribution in [0.25, 0.3) is 0 Å². The van der Waals surface area contributed by atoms with Crippen LogP contribution in [-0.2, 0) is 13.6 Å². The van der Waals surface area contributed by atoms with Gasteiger partial charge in [0, 0.05) is 19.6 Å². The van der Waals surface area contributed by atoms with Crippen molar-refractivity contribution in [3.8, 4) is 11.6 Å². The first kappa shape index (κ1) is 15.4. The predicted octanol–water partition coefficient (Wildman–Crippen LogP) is 2.60. The molecule has 2 aromatic rings. The third-order valence-electron chi connectivity index (χ3n) is 3.66. The molecule has 0 fully saturated rings. The Labute approximate surface area is 125 Å². The second kappa shape index (κ2) is 6.63. The fourth-order valence-electron chi connectivity index (χ4n) is 2.42. The molecule has 114 valence electrons. The van der Waals surface area contributed by atoms with Crippen molar-refractivity contribution in [3.05, 3.63) is 41.1 Å². The van der Waals surface area contributed by atoms with Gasteiger partial charge in [-0.3, -0.25) is 0 Å². The standard InChI is InChI=1S/C16H23N3O2/c1-11(13-7-6-8-14(9-13)20-4)17-10-15-12(2)18-19(3)16(15)21-5/h6-9,11,17H,10H2,1-5H3/t11-/m1/s1. The van der Waals surface area contributed by atoms with Crippen molar-refractivity contribution in [2.24, 2.45) is 7.05 Å². The number of nitrogens with zero attached hydrogens (tertiary/aromatic N) is 2. The van der Waals surface area contributed by atoms with E-state index >= 15 is 0 Å². The van der Waals surface area contributed by atoms with Crippen molar-refractivity contribution in [1.29, 1.82) is 0 Å². The Morgan fingerprint density at radius 3 is 2.71 bits per heavy atom. The Morgan fingerprint density at radius 2 is 2.05 bits per heavy atom. The highest BCUT2D eigenvalue weighted by molar-refractivity contribution is 5.32. The zero-order chi connectivity index (χ0) is 15.4. The van der Waals surface area contributed by atoms with Gasteiger partial charge in [-0.2, -0.15) is 5.10 Å². The van der Waals surface area contributed by atoms with Crippen molar-refractivity contribution in [2.75, 3.05) is 14.2 Å². The van der Waals surface area contributed by atoms with Crippen LogP contribution in [0.5, 0.6) is 11.6 Å². The number of methoxy groups -OCH3 is 2. The molecule has 5 nitrogen and oxygen atoms in total. The molecule has 0 radical (unpaired) electrons. The third kappa shape index (κ3) is 3.36. The zero-order valence-corrected chi connectivity index (χ0v) is 13.3. The van der Waals surface area contributed by atoms with Gasteiger partial charge in [0.05, 0.1) is 25.5 Å². The normalized spacial score (nSPS) is 12.2. The van der Waals surface area contributed by atoms with E-state index in [1.165, 1.54) is 5.56 Å². The molecule has 1 aromatic heterocycles. The zero-order valence-electron chi connectivity index (χ0n) is 13.3. The van der Waals surface area contributed by atoms with Crippen LogP contribution in [0, 0.1) is 6.92 Å². The molecule has 0 unspecified atom stereocenters. The van der Waals surface area contributed by atoms with Gasteiger partial charge in [0.25, 0.3) is 0 Å². The second-order valence-electron chi connectivity index (χ2n) is 5.08. The van der Waals surface area contributed by atoms with Crippen molar-refractivity contribution >= 4 is 0 Å². The van der Waals surface area contributed by atoms with E-state index in [4.69, 9.17) is 9.47 Å². The van der Waals surface area contributed by atoms with Crippen LogP contribution in [-0.4, -0.2) is 24.0 Å². The summed E-state index contributed by atoms with van der Waals surface area (Å²) in [5.41, 5.74) is 3.27. The Morgan fingerprint density at radius 1 is 1.29 bits per heavy atom. The average molecular weight is 289 g/mol. The molecular weight excluding hydrogens is 266 g/mol. The molecule has 1 atom stereocenters. The minimum atomic E-state index is 0.212. The molecule has 0 saturated carbocycles. The minimum Gasteiger partial charge on any atom is -0.497 e. The van der Waals surface area contributed by atoms with Gasteiger partial charge in [0.1, 0.15) is 5.75 Å². The molecule has 0 amide bonds. The molecule has 0 spiro atoms. The van der Waals surface area contributed by atoms with Crippen molar-refractivity contribution in [2.45, 2.75) is 26.4 Å². The number of hydrogen-bond acceptors (Lipinski definition) is 4. The fraction of sp³-hybridized carbons (Fsp3) is 0.438. The first-order valence-electron chi connectivity index (χ1n) is 7.00. The maximum Gasteiger partial charge on any atom is 0.216 e. The summed E-state index contributed by atoms with van der Waals surface area (Å²) in [4.78, 5) is 0. The lowest BCUT2D eigenvalue weighted by Crippen LogP contribution is -2.18. The molecule has 0 aliphatic heterocycles. The van der Waals surface area contributed by atoms with Gasteiger partial charge in [0.15, 0.2) is 0 Å². The number of aromatic nitrogens is 2. The Balaban J connectivity index is 2.09. The van der Waals surface area contributed by atoms with Crippen molar-refractivity contribution < 1.29 is 9.47 Å². The SMILES string of the molecule is COc1cccc([C@@H](C)NCc2c(C)nn(C)c2OC)c1. The topological polar surface area (TPSA) is 48.3 Å². The van der Waals surface area contributed by atoms with Crippen LogP contribution in [0.3, 0.4) is 0 Å². The van der Waals surface area contributed by atoms with Gasteiger partial charge < -0.3 is 14.8 Å². The second-order valence-corrected chi connectivity index (χ2v) is 5.08. The quantitative estimate of drug-likeness (QED) is 0.888. The Bertz CT molecular complexity index is 608. The van der Waals surface area contributed by atoms with Gasteiger partial charge in [-0.05, 0) is 31.5 Å². The summed E-state index contributed by atoms with van der Waals surface area (Å²) >= 11 is 0. The molecule has 1 N–H and O–H groups in total. The molecule has 1 heterocycles. The molecule has 0 aliphatic carbocycles. The van der Waals surface area contributed by atoms with E-state index in [-0.39, 0.29) is 6.04 Å². The van der Waals surface area contributed by atoms with Gasteiger partial charge in [0.2, 0.25) is 5.88 Å². The largest absolute Gasteiger partial charge is 0.497 e. The van der Waals surface area contributed by atoms with Crippen molar-refractivity contribution in [1.82, 2.24) is 15.1 Å². The predicted molar refractivity (Wildman–Crippen MR) is 82.7 cm³/mol. The highest BCUT2D eigenvalue weighted by Gasteiger charge is 2.15. The lowest BCUT2D eigenvalue weighted by molar-refractivity contribution is 0.367. The Hall–Kier alpha value is -2.01. The first-order valence-corrected chi connectivity index (χ1v) is 7.00. The summed E-state index contributed by atoms with van der Waals surface area (Å²) in [7, 11) is 5.24. The maximum absolute atomic E-state index is 5.41. The van der Waals surface area contributed by atoms with Crippen LogP contribution >= 0.6 is 0 Å². The minimum absolute atomic E-state index is 0.212. The smallest absolute Gasteiger partial charge is 0.216 e. The van der Waals surface area contributed by atoms with E-state index < -0.39 is 0 Å². The van der Waals surface area contributed by atoms with Crippen LogP contribution in [0.2, 0.25) is 0 Å². The lowest BCUT2D eigenvalue weighted by Gasteiger charge is -2.15. The summed E-state index contributed by atoms with van der Waals surface area (Å²) in [6.45, 7) is 4.84. The first-order chi connectivity index (χ1) is 10.1. The highest BCUT2D eigenvalue weighted by Crippen LogP contribution is 2.23. The van der Waals surface area contributed by atoms with E-state index in [2.05, 4.69) is 23.4 Å². The van der Waals surface area contributed by atoms with Gasteiger partial charge >= 0.3 is 0 Å². The van der Waals surface area contributed by atoms with E-state index in [9.17, 15) is 0 Å². The summed E-state index contributed by atoms with van der Waals surface area (Å²) in [5, 5.41) is 7.90. The summed E-state index contributed by atoms with van der Waals surface area (Å²) in [6, 6.07) is 8.30. The lowest BCUT2D eigenvalue weighted by atomic mass is 10.1. The monoisotopic (exact) mass is 289 g/mol. The summed E-state index contributed by atoms with van der Waals surface area (Å²) in [5.74, 6) is 1.68. The average Bonchev–Trinajstić information content (AvgIpc) is 2.77. The fourth-order valence-corrected chi connectivity index (χ4v) is 2.42. The maximum atomic E-state index is 5.41. The Kier molecular flexibility index (Phi) is 4.85.